The van der Waals surface area contributed by atoms with Gasteiger partial charge >= 0.3 is 0 Å². The number of nitrogens with zero attached hydrogens (tertiary/aromatic N) is 5. The number of likely N-dealkylation sites (tertiary alicyclic amines) is 1. The van der Waals surface area contributed by atoms with Gasteiger partial charge in [-0.2, -0.15) is 5.26 Å². The first-order valence-electron chi connectivity index (χ1n) is 13.5. The summed E-state index contributed by atoms with van der Waals surface area (Å²) in [6.45, 7) is 12.8. The number of benzene rings is 1. The predicted molar refractivity (Wildman–Crippen MR) is 155 cm³/mol. The molecule has 0 bridgehead atoms. The zero-order chi connectivity index (χ0) is 27.8. The van der Waals surface area contributed by atoms with Crippen molar-refractivity contribution in [3.05, 3.63) is 45.7 Å². The number of hydrogen-bond donors (Lipinski definition) is 3. The lowest BCUT2D eigenvalue weighted by molar-refractivity contribution is 0.0987. The van der Waals surface area contributed by atoms with Gasteiger partial charge in [0.25, 0.3) is 0 Å². The van der Waals surface area contributed by atoms with E-state index in [4.69, 9.17) is 33.6 Å². The maximum Gasteiger partial charge on any atom is 0.161 e. The lowest BCUT2D eigenvalue weighted by atomic mass is 9.80. The van der Waals surface area contributed by atoms with Crippen LogP contribution in [0.1, 0.15) is 64.3 Å². The van der Waals surface area contributed by atoms with Gasteiger partial charge < -0.3 is 20.2 Å². The van der Waals surface area contributed by atoms with Gasteiger partial charge in [-0.1, -0.05) is 43.1 Å². The summed E-state index contributed by atoms with van der Waals surface area (Å²) in [5.41, 5.74) is 0.812. The highest BCUT2D eigenvalue weighted by molar-refractivity contribution is 6.35. The fraction of sp³-hybridized carbons (Fsp3) is 0.571. The number of aliphatic hydroxyl groups excluding tert-OH is 1. The summed E-state index contributed by atoms with van der Waals surface area (Å²) in [5.74, 6) is 2.37. The third-order valence-electron chi connectivity index (χ3n) is 7.20. The summed E-state index contributed by atoms with van der Waals surface area (Å²) in [7, 11) is 0. The smallest absolute Gasteiger partial charge is 0.161 e. The topological polar surface area (TPSA) is 112 Å². The van der Waals surface area contributed by atoms with E-state index in [1.165, 1.54) is 12.8 Å². The van der Waals surface area contributed by atoms with Crippen LogP contribution < -0.4 is 10.2 Å². The maximum absolute atomic E-state index is 9.62. The summed E-state index contributed by atoms with van der Waals surface area (Å²) >= 11 is 12.4. The van der Waals surface area contributed by atoms with Crippen molar-refractivity contribution in [2.24, 2.45) is 11.8 Å². The first kappa shape index (κ1) is 30.1. The van der Waals surface area contributed by atoms with E-state index >= 15 is 0 Å². The second-order valence-electron chi connectivity index (χ2n) is 9.95. The van der Waals surface area contributed by atoms with Crippen LogP contribution in [0.3, 0.4) is 0 Å². The molecule has 2 aliphatic heterocycles. The molecule has 2 fully saturated rings. The minimum atomic E-state index is -0.255. The first-order chi connectivity index (χ1) is 18.2. The summed E-state index contributed by atoms with van der Waals surface area (Å²) in [5, 5.41) is 31.4. The van der Waals surface area contributed by atoms with Crippen LogP contribution in [-0.2, 0) is 0 Å². The van der Waals surface area contributed by atoms with Crippen molar-refractivity contribution in [3.63, 3.8) is 0 Å². The molecule has 2 saturated heterocycles. The highest BCUT2D eigenvalue weighted by Crippen LogP contribution is 2.34. The molecule has 1 aromatic carbocycles. The Bertz CT molecular complexity index is 1130. The van der Waals surface area contributed by atoms with E-state index in [1.54, 1.807) is 18.3 Å². The second-order valence-corrected chi connectivity index (χ2v) is 10.8. The Balaban J connectivity index is 0.00000195. The van der Waals surface area contributed by atoms with Gasteiger partial charge in [-0.05, 0) is 69.2 Å². The van der Waals surface area contributed by atoms with Crippen LogP contribution in [-0.4, -0.2) is 64.5 Å². The zero-order valence-corrected chi connectivity index (χ0v) is 24.2. The van der Waals surface area contributed by atoms with E-state index in [1.807, 2.05) is 39.8 Å². The molecule has 1 aromatic heterocycles. The maximum atomic E-state index is 9.62. The fourth-order valence-corrected chi connectivity index (χ4v) is 5.62. The van der Waals surface area contributed by atoms with E-state index in [2.05, 4.69) is 20.1 Å². The molecule has 0 saturated carbocycles. The third-order valence-corrected chi connectivity index (χ3v) is 7.76. The lowest BCUT2D eigenvalue weighted by Gasteiger charge is -2.47. The number of rotatable bonds is 9. The Labute approximate surface area is 236 Å². The van der Waals surface area contributed by atoms with Crippen LogP contribution in [0, 0.1) is 28.6 Å². The summed E-state index contributed by atoms with van der Waals surface area (Å²) in [4.78, 5) is 13.9. The van der Waals surface area contributed by atoms with E-state index in [9.17, 15) is 10.4 Å². The molecule has 206 valence electrons. The summed E-state index contributed by atoms with van der Waals surface area (Å²) in [6, 6.07) is 6.95. The first-order valence-corrected chi connectivity index (χ1v) is 14.2. The van der Waals surface area contributed by atoms with Crippen molar-refractivity contribution >= 4 is 40.5 Å². The van der Waals surface area contributed by atoms with Gasteiger partial charge in [0.1, 0.15) is 17.6 Å². The van der Waals surface area contributed by atoms with Gasteiger partial charge in [-0.25, -0.2) is 9.97 Å². The van der Waals surface area contributed by atoms with Crippen LogP contribution in [0.25, 0.3) is 0 Å². The summed E-state index contributed by atoms with van der Waals surface area (Å²) < 4.78 is 0. The monoisotopic (exact) mass is 559 g/mol. The Kier molecular flexibility index (Phi) is 11.2. The highest BCUT2D eigenvalue weighted by Gasteiger charge is 2.36. The molecule has 3 atom stereocenters. The van der Waals surface area contributed by atoms with Crippen molar-refractivity contribution < 1.29 is 5.11 Å². The van der Waals surface area contributed by atoms with Crippen LogP contribution in [0.5, 0.6) is 0 Å². The van der Waals surface area contributed by atoms with Gasteiger partial charge in [0.05, 0.1) is 18.3 Å². The van der Waals surface area contributed by atoms with E-state index in [0.717, 1.165) is 50.5 Å². The van der Waals surface area contributed by atoms with E-state index < -0.39 is 0 Å². The van der Waals surface area contributed by atoms with Crippen molar-refractivity contribution in [2.45, 2.75) is 59.1 Å². The normalized spacial score (nSPS) is 19.4. The standard InChI is InChI=1S/C26H33Cl2N7O.C2H6/c1-16(36)7-9-34-8-3-4-18(13-34)19-14-35(15-19)24-12-31-25(23(30)11-29)26(33-24)32-17(2)21-6-5-20(27)10-22(21)28;1-2/h5-6,10,12,16-19,30,36H,3-4,7-9,13-15H2,1-2H3,(H,32,33);1-2H3. The molecule has 3 unspecified atom stereocenters. The van der Waals surface area contributed by atoms with Crippen molar-refractivity contribution in [3.8, 4) is 6.07 Å². The molecule has 10 heteroatoms. The number of hydrogen-bond acceptors (Lipinski definition) is 8. The molecular formula is C28H39Cl2N7O. The predicted octanol–water partition coefficient (Wildman–Crippen LogP) is 5.79. The molecule has 2 aliphatic rings. The molecule has 4 rings (SSSR count). The number of aliphatic hydroxyl groups is 1. The average molecular weight is 561 g/mol. The molecule has 38 heavy (non-hydrogen) atoms. The van der Waals surface area contributed by atoms with Gasteiger partial charge in [-0.3, -0.25) is 5.41 Å². The second kappa shape index (κ2) is 14.1. The highest BCUT2D eigenvalue weighted by atomic mass is 35.5. The minimum Gasteiger partial charge on any atom is -0.393 e. The van der Waals surface area contributed by atoms with Gasteiger partial charge in [0.2, 0.25) is 0 Å². The molecule has 3 heterocycles. The number of nitriles is 1. The third kappa shape index (κ3) is 7.57. The zero-order valence-electron chi connectivity index (χ0n) is 22.7. The molecule has 3 N–H and O–H groups in total. The minimum absolute atomic E-state index is 0.219. The number of anilines is 2. The van der Waals surface area contributed by atoms with Crippen molar-refractivity contribution in [1.82, 2.24) is 14.9 Å². The van der Waals surface area contributed by atoms with Crippen LogP contribution in [0.4, 0.5) is 11.6 Å². The molecule has 0 aliphatic carbocycles. The number of halogens is 2. The molecule has 8 nitrogen and oxygen atoms in total. The molecule has 0 spiro atoms. The largest absolute Gasteiger partial charge is 0.393 e. The lowest BCUT2D eigenvalue weighted by Crippen LogP contribution is -2.54. The quantitative estimate of drug-likeness (QED) is 0.333. The Morgan fingerprint density at radius 1 is 1.24 bits per heavy atom. The molecular weight excluding hydrogens is 521 g/mol. The van der Waals surface area contributed by atoms with Crippen LogP contribution >= 0.6 is 23.2 Å². The Morgan fingerprint density at radius 2 is 1.97 bits per heavy atom. The Hall–Kier alpha value is -2.44. The van der Waals surface area contributed by atoms with E-state index in [0.29, 0.717) is 27.7 Å². The molecule has 0 radical (unpaired) electrons. The van der Waals surface area contributed by atoms with Gasteiger partial charge in [-0.15, -0.1) is 0 Å². The number of aromatic nitrogens is 2. The fourth-order valence-electron chi connectivity index (χ4n) is 5.05. The Morgan fingerprint density at radius 3 is 2.63 bits per heavy atom. The molecule has 2 aromatic rings. The number of nitrogens with one attached hydrogen (secondary N) is 2. The van der Waals surface area contributed by atoms with Crippen molar-refractivity contribution in [2.75, 3.05) is 42.9 Å². The SMILES string of the molecule is CC.CC(O)CCN1CCCC(C2CN(c3cnc(C(=N)C#N)c(NC(C)c4ccc(Cl)cc4Cl)n3)C2)C1. The average Bonchev–Trinajstić information content (AvgIpc) is 2.87. The van der Waals surface area contributed by atoms with Crippen LogP contribution in [0.15, 0.2) is 24.4 Å². The van der Waals surface area contributed by atoms with E-state index in [-0.39, 0.29) is 23.6 Å². The summed E-state index contributed by atoms with van der Waals surface area (Å²) in [6.07, 6.45) is 4.65. The number of piperidine rings is 1. The van der Waals surface area contributed by atoms with Crippen molar-refractivity contribution in [1.29, 1.82) is 10.7 Å². The molecule has 0 amide bonds. The van der Waals surface area contributed by atoms with Gasteiger partial charge in [0.15, 0.2) is 11.5 Å². The van der Waals surface area contributed by atoms with Gasteiger partial charge in [0, 0.05) is 36.2 Å². The van der Waals surface area contributed by atoms with Crippen LogP contribution in [0.2, 0.25) is 10.0 Å².